The number of rotatable bonds is 5. The van der Waals surface area contributed by atoms with Crippen molar-refractivity contribution < 1.29 is 28.2 Å². The highest BCUT2D eigenvalue weighted by molar-refractivity contribution is 7.91. The van der Waals surface area contributed by atoms with Gasteiger partial charge in [-0.25, -0.2) is 18.0 Å². The van der Waals surface area contributed by atoms with Gasteiger partial charge in [0.2, 0.25) is 0 Å². The van der Waals surface area contributed by atoms with E-state index in [-0.39, 0.29) is 4.90 Å². The Hall–Kier alpha value is -2.15. The molecule has 0 saturated heterocycles. The second-order valence-corrected chi connectivity index (χ2v) is 5.46. The van der Waals surface area contributed by atoms with E-state index in [2.05, 4.69) is 6.58 Å². The molecule has 0 spiro atoms. The molecule has 18 heavy (non-hydrogen) atoms. The number of carboxylic acid groups (broad SMARTS) is 2. The fraction of sp³-hybridized carbons (Fsp3) is 0.0909. The molecular weight excluding hydrogens is 260 g/mol. The van der Waals surface area contributed by atoms with Gasteiger partial charge in [-0.15, -0.1) is 6.58 Å². The molecule has 2 N–H and O–H groups in total. The largest absolute Gasteiger partial charge is 0.478 e. The van der Waals surface area contributed by atoms with Crippen molar-refractivity contribution in [3.8, 4) is 0 Å². The van der Waals surface area contributed by atoms with E-state index in [4.69, 9.17) is 10.2 Å². The van der Waals surface area contributed by atoms with Gasteiger partial charge < -0.3 is 10.2 Å². The van der Waals surface area contributed by atoms with Gasteiger partial charge in [0.15, 0.2) is 9.84 Å². The molecule has 0 heterocycles. The molecule has 7 heteroatoms. The van der Waals surface area contributed by atoms with Crippen LogP contribution in [0, 0.1) is 0 Å². The van der Waals surface area contributed by atoms with Crippen LogP contribution >= 0.6 is 0 Å². The monoisotopic (exact) mass is 270 g/mol. The second-order valence-electron chi connectivity index (χ2n) is 3.43. The predicted octanol–water partition coefficient (Wildman–Crippen LogP) is 1.04. The van der Waals surface area contributed by atoms with E-state index in [9.17, 15) is 18.0 Å². The maximum Gasteiger partial charge on any atom is 0.335 e. The minimum absolute atomic E-state index is 0.347. The zero-order valence-electron chi connectivity index (χ0n) is 9.16. The summed E-state index contributed by atoms with van der Waals surface area (Å²) in [5.74, 6) is -3.18. The van der Waals surface area contributed by atoms with Crippen molar-refractivity contribution in [1.29, 1.82) is 0 Å². The molecule has 0 aliphatic heterocycles. The van der Waals surface area contributed by atoms with Gasteiger partial charge in [-0.3, -0.25) is 0 Å². The first-order chi connectivity index (χ1) is 8.27. The van der Waals surface area contributed by atoms with Crippen LogP contribution in [0.1, 0.15) is 20.7 Å². The smallest absolute Gasteiger partial charge is 0.335 e. The minimum Gasteiger partial charge on any atom is -0.478 e. The van der Waals surface area contributed by atoms with Gasteiger partial charge >= 0.3 is 11.9 Å². The van der Waals surface area contributed by atoms with Crippen LogP contribution < -0.4 is 0 Å². The van der Waals surface area contributed by atoms with Crippen molar-refractivity contribution in [2.24, 2.45) is 0 Å². The molecule has 0 bridgehead atoms. The number of hydrogen-bond acceptors (Lipinski definition) is 4. The molecule has 6 nitrogen and oxygen atoms in total. The Labute approximate surface area is 103 Å². The fourth-order valence-corrected chi connectivity index (χ4v) is 2.39. The van der Waals surface area contributed by atoms with Gasteiger partial charge in [0.05, 0.1) is 21.8 Å². The molecule has 0 aromatic heterocycles. The van der Waals surface area contributed by atoms with Crippen LogP contribution in [0.4, 0.5) is 0 Å². The Balaban J connectivity index is 3.50. The Morgan fingerprint density at radius 3 is 1.89 bits per heavy atom. The zero-order valence-corrected chi connectivity index (χ0v) is 9.98. The van der Waals surface area contributed by atoms with Crippen molar-refractivity contribution in [1.82, 2.24) is 0 Å². The molecule has 0 saturated carbocycles. The highest BCUT2D eigenvalue weighted by atomic mass is 32.2. The van der Waals surface area contributed by atoms with E-state index in [1.807, 2.05) is 0 Å². The molecule has 0 amide bonds. The third-order valence-corrected chi connectivity index (χ3v) is 3.73. The number of carboxylic acids is 2. The normalized spacial score (nSPS) is 10.9. The highest BCUT2D eigenvalue weighted by Crippen LogP contribution is 2.17. The van der Waals surface area contributed by atoms with Crippen LogP contribution in [0.15, 0.2) is 35.7 Å². The van der Waals surface area contributed by atoms with Crippen molar-refractivity contribution in [3.63, 3.8) is 0 Å². The van der Waals surface area contributed by atoms with E-state index in [0.717, 1.165) is 24.3 Å². The van der Waals surface area contributed by atoms with E-state index >= 15 is 0 Å². The molecule has 0 unspecified atom stereocenters. The summed E-state index contributed by atoms with van der Waals surface area (Å²) in [4.78, 5) is 21.3. The van der Waals surface area contributed by atoms with Crippen molar-refractivity contribution in [3.05, 3.63) is 42.0 Å². The van der Waals surface area contributed by atoms with Gasteiger partial charge in [0.1, 0.15) is 0 Å². The molecule has 0 aliphatic carbocycles. The maximum absolute atomic E-state index is 11.7. The Kier molecular flexibility index (Phi) is 3.87. The predicted molar refractivity (Wildman–Crippen MR) is 62.6 cm³/mol. The average Bonchev–Trinajstić information content (AvgIpc) is 2.28. The third kappa shape index (κ3) is 2.95. The first-order valence-corrected chi connectivity index (χ1v) is 6.38. The lowest BCUT2D eigenvalue weighted by atomic mass is 10.1. The molecule has 96 valence electrons. The van der Waals surface area contributed by atoms with E-state index < -0.39 is 38.7 Å². The Morgan fingerprint density at radius 2 is 1.56 bits per heavy atom. The standard InChI is InChI=1S/C11H10O6S/c1-2-3-18(16,17)9-5-7(10(12)13)4-8(6-9)11(14)15/h2,4-6H,1,3H2,(H,12,13)(H,14,15). The lowest BCUT2D eigenvalue weighted by Gasteiger charge is -2.05. The average molecular weight is 270 g/mol. The molecule has 1 aromatic rings. The number of sulfone groups is 1. The van der Waals surface area contributed by atoms with Crippen LogP contribution in [0.3, 0.4) is 0 Å². The van der Waals surface area contributed by atoms with Crippen LogP contribution in [0.5, 0.6) is 0 Å². The van der Waals surface area contributed by atoms with E-state index in [0.29, 0.717) is 0 Å². The molecule has 1 aromatic carbocycles. The van der Waals surface area contributed by atoms with Crippen molar-refractivity contribution in [2.75, 3.05) is 5.75 Å². The quantitative estimate of drug-likeness (QED) is 0.774. The first kappa shape index (κ1) is 13.9. The maximum atomic E-state index is 11.7. The Morgan fingerprint density at radius 1 is 1.11 bits per heavy atom. The topological polar surface area (TPSA) is 109 Å². The van der Waals surface area contributed by atoms with Crippen LogP contribution in [0.2, 0.25) is 0 Å². The van der Waals surface area contributed by atoms with E-state index in [1.54, 1.807) is 0 Å². The minimum atomic E-state index is -3.77. The number of carbonyl (C=O) groups is 2. The summed E-state index contributed by atoms with van der Waals surface area (Å²) in [6.45, 7) is 3.27. The molecule has 0 aliphatic rings. The number of hydrogen-bond donors (Lipinski definition) is 2. The third-order valence-electron chi connectivity index (χ3n) is 2.10. The summed E-state index contributed by atoms with van der Waals surface area (Å²) in [6.07, 6.45) is 1.14. The number of benzene rings is 1. The summed E-state index contributed by atoms with van der Waals surface area (Å²) in [6, 6.07) is 2.75. The van der Waals surface area contributed by atoms with Crippen molar-refractivity contribution >= 4 is 21.8 Å². The van der Waals surface area contributed by atoms with Crippen molar-refractivity contribution in [2.45, 2.75) is 4.90 Å². The Bertz CT molecular complexity index is 582. The van der Waals surface area contributed by atoms with Crippen LogP contribution in [-0.4, -0.2) is 36.3 Å². The summed E-state index contributed by atoms with van der Waals surface area (Å²) in [7, 11) is -3.77. The zero-order chi connectivity index (χ0) is 13.9. The fourth-order valence-electron chi connectivity index (χ4n) is 1.28. The summed E-state index contributed by atoms with van der Waals surface area (Å²) < 4.78 is 23.4. The van der Waals surface area contributed by atoms with Gasteiger partial charge in [0.25, 0.3) is 0 Å². The molecule has 0 fully saturated rings. The first-order valence-electron chi connectivity index (χ1n) is 4.73. The van der Waals surface area contributed by atoms with Gasteiger partial charge in [0, 0.05) is 0 Å². The summed E-state index contributed by atoms with van der Waals surface area (Å²) in [5, 5.41) is 17.6. The summed E-state index contributed by atoms with van der Waals surface area (Å²) in [5.41, 5.74) is -0.782. The van der Waals surface area contributed by atoms with Crippen LogP contribution in [-0.2, 0) is 9.84 Å². The summed E-state index contributed by atoms with van der Waals surface area (Å²) >= 11 is 0. The van der Waals surface area contributed by atoms with E-state index in [1.165, 1.54) is 0 Å². The lowest BCUT2D eigenvalue weighted by molar-refractivity contribution is 0.0696. The highest BCUT2D eigenvalue weighted by Gasteiger charge is 2.18. The second kappa shape index (κ2) is 5.01. The molecule has 0 atom stereocenters. The molecule has 1 rings (SSSR count). The van der Waals surface area contributed by atoms with Gasteiger partial charge in [-0.05, 0) is 18.2 Å². The SMILES string of the molecule is C=CCS(=O)(=O)c1cc(C(=O)O)cc(C(=O)O)c1. The van der Waals surface area contributed by atoms with Gasteiger partial charge in [-0.2, -0.15) is 0 Å². The lowest BCUT2D eigenvalue weighted by Crippen LogP contribution is -2.09. The molecular formula is C11H10O6S. The van der Waals surface area contributed by atoms with Crippen LogP contribution in [0.25, 0.3) is 0 Å². The molecule has 0 radical (unpaired) electrons. The number of aromatic carboxylic acids is 2. The van der Waals surface area contributed by atoms with Gasteiger partial charge in [-0.1, -0.05) is 6.08 Å².